The molecular formula is C13H16FNO3. The van der Waals surface area contributed by atoms with Gasteiger partial charge in [0.05, 0.1) is 11.1 Å². The van der Waals surface area contributed by atoms with Gasteiger partial charge >= 0.3 is 5.97 Å². The number of aryl methyl sites for hydroxylation is 1. The summed E-state index contributed by atoms with van der Waals surface area (Å²) in [6.45, 7) is 4.48. The van der Waals surface area contributed by atoms with Crippen LogP contribution in [0.4, 0.5) is 10.1 Å². The number of carboxylic acid groups (broad SMARTS) is 1. The van der Waals surface area contributed by atoms with Crippen LogP contribution in [0.25, 0.3) is 0 Å². The number of carbonyl (C=O) groups excluding carboxylic acids is 1. The van der Waals surface area contributed by atoms with Crippen molar-refractivity contribution in [2.75, 3.05) is 5.32 Å². The fourth-order valence-corrected chi connectivity index (χ4v) is 1.42. The molecule has 0 aliphatic carbocycles. The van der Waals surface area contributed by atoms with Gasteiger partial charge in [-0.3, -0.25) is 9.59 Å². The third-order valence-electron chi connectivity index (χ3n) is 2.65. The lowest BCUT2D eigenvalue weighted by atomic mass is 9.89. The molecular weight excluding hydrogens is 237 g/mol. The van der Waals surface area contributed by atoms with E-state index in [2.05, 4.69) is 5.32 Å². The molecule has 4 nitrogen and oxygen atoms in total. The standard InChI is InChI=1S/C13H16FNO3/c1-8-5-4-6-9(11(8)14)15-10(16)7-13(2,3)12(17)18/h4-6H,7H2,1-3H3,(H,15,16)(H,17,18). The number of hydrogen-bond donors (Lipinski definition) is 2. The Bertz CT molecular complexity index is 483. The van der Waals surface area contributed by atoms with Crippen molar-refractivity contribution in [1.29, 1.82) is 0 Å². The first-order valence-electron chi connectivity index (χ1n) is 5.52. The Balaban J connectivity index is 2.77. The molecule has 0 aliphatic heterocycles. The number of rotatable bonds is 4. The van der Waals surface area contributed by atoms with Crippen LogP contribution >= 0.6 is 0 Å². The molecule has 1 aromatic carbocycles. The Hall–Kier alpha value is -1.91. The van der Waals surface area contributed by atoms with E-state index in [9.17, 15) is 14.0 Å². The fourth-order valence-electron chi connectivity index (χ4n) is 1.42. The van der Waals surface area contributed by atoms with Gasteiger partial charge in [0.1, 0.15) is 5.82 Å². The van der Waals surface area contributed by atoms with Crippen molar-refractivity contribution in [2.45, 2.75) is 27.2 Å². The summed E-state index contributed by atoms with van der Waals surface area (Å²) >= 11 is 0. The highest BCUT2D eigenvalue weighted by atomic mass is 19.1. The molecule has 0 aromatic heterocycles. The maximum atomic E-state index is 13.6. The molecule has 1 rings (SSSR count). The van der Waals surface area contributed by atoms with Gasteiger partial charge in [-0.1, -0.05) is 12.1 Å². The largest absolute Gasteiger partial charge is 0.481 e. The van der Waals surface area contributed by atoms with Gasteiger partial charge in [0.25, 0.3) is 0 Å². The lowest BCUT2D eigenvalue weighted by Crippen LogP contribution is -2.29. The molecule has 2 N–H and O–H groups in total. The van der Waals surface area contributed by atoms with E-state index in [0.29, 0.717) is 5.56 Å². The minimum Gasteiger partial charge on any atom is -0.481 e. The van der Waals surface area contributed by atoms with Crippen molar-refractivity contribution in [1.82, 2.24) is 0 Å². The van der Waals surface area contributed by atoms with Crippen LogP contribution in [-0.2, 0) is 9.59 Å². The van der Waals surface area contributed by atoms with Crippen molar-refractivity contribution in [2.24, 2.45) is 5.41 Å². The molecule has 0 atom stereocenters. The van der Waals surface area contributed by atoms with Gasteiger partial charge in [-0.15, -0.1) is 0 Å². The molecule has 0 saturated heterocycles. The van der Waals surface area contributed by atoms with Crippen LogP contribution in [0.2, 0.25) is 0 Å². The molecule has 18 heavy (non-hydrogen) atoms. The first-order chi connectivity index (χ1) is 8.24. The van der Waals surface area contributed by atoms with Crippen molar-refractivity contribution >= 4 is 17.6 Å². The van der Waals surface area contributed by atoms with Gasteiger partial charge in [0.2, 0.25) is 5.91 Å². The Morgan fingerprint density at radius 3 is 2.56 bits per heavy atom. The SMILES string of the molecule is Cc1cccc(NC(=O)CC(C)(C)C(=O)O)c1F. The van der Waals surface area contributed by atoms with Crippen LogP contribution in [0.15, 0.2) is 18.2 Å². The minimum atomic E-state index is -1.18. The maximum absolute atomic E-state index is 13.6. The highest BCUT2D eigenvalue weighted by molar-refractivity contribution is 5.94. The van der Waals surface area contributed by atoms with Gasteiger partial charge in [0.15, 0.2) is 0 Å². The minimum absolute atomic E-state index is 0.0705. The summed E-state index contributed by atoms with van der Waals surface area (Å²) in [5, 5.41) is 11.3. The van der Waals surface area contributed by atoms with Crippen LogP contribution in [0.1, 0.15) is 25.8 Å². The molecule has 0 heterocycles. The zero-order valence-electron chi connectivity index (χ0n) is 10.6. The Morgan fingerprint density at radius 1 is 1.39 bits per heavy atom. The molecule has 5 heteroatoms. The van der Waals surface area contributed by atoms with Gasteiger partial charge < -0.3 is 10.4 Å². The molecule has 0 spiro atoms. The number of halogens is 1. The molecule has 0 fully saturated rings. The second-order valence-electron chi connectivity index (χ2n) is 4.85. The van der Waals surface area contributed by atoms with E-state index in [1.807, 2.05) is 0 Å². The Kier molecular flexibility index (Phi) is 4.06. The summed E-state index contributed by atoms with van der Waals surface area (Å²) in [6.07, 6.45) is -0.213. The van der Waals surface area contributed by atoms with E-state index in [0.717, 1.165) is 0 Å². The lowest BCUT2D eigenvalue weighted by Gasteiger charge is -2.18. The number of nitrogens with one attached hydrogen (secondary N) is 1. The zero-order chi connectivity index (χ0) is 13.9. The average Bonchev–Trinajstić information content (AvgIpc) is 2.23. The van der Waals surface area contributed by atoms with E-state index in [4.69, 9.17) is 5.11 Å². The summed E-state index contributed by atoms with van der Waals surface area (Å²) in [6, 6.07) is 4.65. The number of amides is 1. The smallest absolute Gasteiger partial charge is 0.309 e. The predicted octanol–water partition coefficient (Wildman–Crippen LogP) is 2.57. The first kappa shape index (κ1) is 14.2. The first-order valence-corrected chi connectivity index (χ1v) is 5.52. The number of benzene rings is 1. The Morgan fingerprint density at radius 2 is 2.00 bits per heavy atom. The topological polar surface area (TPSA) is 66.4 Å². The summed E-state index contributed by atoms with van der Waals surface area (Å²) in [7, 11) is 0. The van der Waals surface area contributed by atoms with E-state index >= 15 is 0 Å². The average molecular weight is 253 g/mol. The third-order valence-corrected chi connectivity index (χ3v) is 2.65. The quantitative estimate of drug-likeness (QED) is 0.866. The van der Waals surface area contributed by atoms with Gasteiger partial charge in [-0.05, 0) is 32.4 Å². The van der Waals surface area contributed by atoms with Crippen LogP contribution in [-0.4, -0.2) is 17.0 Å². The van der Waals surface area contributed by atoms with Gasteiger partial charge in [-0.25, -0.2) is 4.39 Å². The van der Waals surface area contributed by atoms with Crippen molar-refractivity contribution < 1.29 is 19.1 Å². The van der Waals surface area contributed by atoms with Crippen LogP contribution in [0, 0.1) is 18.2 Å². The van der Waals surface area contributed by atoms with Crippen molar-refractivity contribution in [3.05, 3.63) is 29.6 Å². The summed E-state index contributed by atoms with van der Waals surface area (Å²) < 4.78 is 13.6. The molecule has 1 amide bonds. The molecule has 0 radical (unpaired) electrons. The summed E-state index contributed by atoms with van der Waals surface area (Å²) in [5.74, 6) is -2.09. The van der Waals surface area contributed by atoms with Crippen molar-refractivity contribution in [3.63, 3.8) is 0 Å². The van der Waals surface area contributed by atoms with Crippen LogP contribution in [0.3, 0.4) is 0 Å². The normalized spacial score (nSPS) is 11.1. The third kappa shape index (κ3) is 3.29. The number of aliphatic carboxylic acids is 1. The predicted molar refractivity (Wildman–Crippen MR) is 65.8 cm³/mol. The van der Waals surface area contributed by atoms with E-state index in [-0.39, 0.29) is 12.1 Å². The van der Waals surface area contributed by atoms with Crippen LogP contribution in [0.5, 0.6) is 0 Å². The number of carbonyl (C=O) groups is 2. The molecule has 0 bridgehead atoms. The van der Waals surface area contributed by atoms with Gasteiger partial charge in [-0.2, -0.15) is 0 Å². The molecule has 0 unspecified atom stereocenters. The number of carboxylic acids is 1. The molecule has 98 valence electrons. The van der Waals surface area contributed by atoms with E-state index < -0.39 is 23.1 Å². The number of hydrogen-bond acceptors (Lipinski definition) is 2. The molecule has 0 saturated carbocycles. The number of anilines is 1. The summed E-state index contributed by atoms with van der Waals surface area (Å²) in [4.78, 5) is 22.5. The second kappa shape index (κ2) is 5.16. The monoisotopic (exact) mass is 253 g/mol. The highest BCUT2D eigenvalue weighted by Crippen LogP contribution is 2.23. The molecule has 1 aromatic rings. The van der Waals surface area contributed by atoms with Crippen molar-refractivity contribution in [3.8, 4) is 0 Å². The van der Waals surface area contributed by atoms with Gasteiger partial charge in [0, 0.05) is 6.42 Å². The lowest BCUT2D eigenvalue weighted by molar-refractivity contribution is -0.148. The zero-order valence-corrected chi connectivity index (χ0v) is 10.6. The Labute approximate surface area is 105 Å². The summed E-state index contributed by atoms with van der Waals surface area (Å²) in [5.41, 5.74) is -0.684. The van der Waals surface area contributed by atoms with Crippen LogP contribution < -0.4 is 5.32 Å². The highest BCUT2D eigenvalue weighted by Gasteiger charge is 2.30. The van der Waals surface area contributed by atoms with E-state index in [1.165, 1.54) is 19.9 Å². The maximum Gasteiger partial charge on any atom is 0.309 e. The fraction of sp³-hybridized carbons (Fsp3) is 0.385. The second-order valence-corrected chi connectivity index (χ2v) is 4.85. The van der Waals surface area contributed by atoms with E-state index in [1.54, 1.807) is 19.1 Å². The molecule has 0 aliphatic rings.